The molecule has 0 saturated heterocycles. The van der Waals surface area contributed by atoms with Gasteiger partial charge in [0, 0.05) is 16.7 Å². The van der Waals surface area contributed by atoms with Crippen molar-refractivity contribution in [3.05, 3.63) is 64.4 Å². The molecule has 0 radical (unpaired) electrons. The highest BCUT2D eigenvalue weighted by Gasteiger charge is 2.17. The Bertz CT molecular complexity index is 902. The SMILES string of the molecule is CC(Sc1nnc(NCc2ccc(F)cc2)s1)C(=O)Nc1ccc(Br)cc1. The highest BCUT2D eigenvalue weighted by atomic mass is 79.9. The summed E-state index contributed by atoms with van der Waals surface area (Å²) < 4.78 is 14.6. The largest absolute Gasteiger partial charge is 0.356 e. The van der Waals surface area contributed by atoms with Crippen molar-refractivity contribution in [3.8, 4) is 0 Å². The molecule has 0 aliphatic rings. The maximum atomic E-state index is 12.9. The lowest BCUT2D eigenvalue weighted by Gasteiger charge is -2.10. The number of amides is 1. The van der Waals surface area contributed by atoms with Crippen LogP contribution in [0.3, 0.4) is 0 Å². The number of nitrogens with one attached hydrogen (secondary N) is 2. The zero-order chi connectivity index (χ0) is 19.2. The zero-order valence-corrected chi connectivity index (χ0v) is 17.5. The van der Waals surface area contributed by atoms with Gasteiger partial charge in [-0.25, -0.2) is 4.39 Å². The van der Waals surface area contributed by atoms with Gasteiger partial charge in [-0.3, -0.25) is 4.79 Å². The summed E-state index contributed by atoms with van der Waals surface area (Å²) in [6, 6.07) is 13.7. The quantitative estimate of drug-likeness (QED) is 0.470. The first-order valence-corrected chi connectivity index (χ1v) is 10.5. The normalized spacial score (nSPS) is 11.8. The molecule has 0 fully saturated rings. The second-order valence-electron chi connectivity index (χ2n) is 5.61. The van der Waals surface area contributed by atoms with Gasteiger partial charge in [-0.05, 0) is 48.9 Å². The Kier molecular flexibility index (Phi) is 6.81. The van der Waals surface area contributed by atoms with Crippen LogP contribution >= 0.6 is 39.0 Å². The minimum absolute atomic E-state index is 0.0988. The van der Waals surface area contributed by atoms with Gasteiger partial charge >= 0.3 is 0 Å². The summed E-state index contributed by atoms with van der Waals surface area (Å²) >= 11 is 6.10. The van der Waals surface area contributed by atoms with E-state index in [0.717, 1.165) is 15.7 Å². The van der Waals surface area contributed by atoms with E-state index in [0.29, 0.717) is 16.0 Å². The summed E-state index contributed by atoms with van der Waals surface area (Å²) in [5, 5.41) is 14.6. The van der Waals surface area contributed by atoms with Crippen molar-refractivity contribution < 1.29 is 9.18 Å². The average Bonchev–Trinajstić information content (AvgIpc) is 3.10. The maximum Gasteiger partial charge on any atom is 0.237 e. The fourth-order valence-electron chi connectivity index (χ4n) is 2.09. The van der Waals surface area contributed by atoms with Crippen LogP contribution < -0.4 is 10.6 Å². The molecule has 1 aromatic heterocycles. The first-order valence-electron chi connectivity index (χ1n) is 8.04. The molecule has 0 aliphatic carbocycles. The van der Waals surface area contributed by atoms with Crippen LogP contribution in [-0.2, 0) is 11.3 Å². The molecule has 0 spiro atoms. The fraction of sp³-hybridized carbons (Fsp3) is 0.167. The summed E-state index contributed by atoms with van der Waals surface area (Å²) in [7, 11) is 0. The molecule has 0 aliphatic heterocycles. The van der Waals surface area contributed by atoms with Crippen LogP contribution in [0, 0.1) is 5.82 Å². The number of nitrogens with zero attached hydrogens (tertiary/aromatic N) is 2. The average molecular weight is 467 g/mol. The number of anilines is 2. The number of thioether (sulfide) groups is 1. The van der Waals surface area contributed by atoms with Gasteiger partial charge in [-0.1, -0.05) is 51.2 Å². The van der Waals surface area contributed by atoms with Gasteiger partial charge in [0.15, 0.2) is 4.34 Å². The summed E-state index contributed by atoms with van der Waals surface area (Å²) in [5.41, 5.74) is 1.69. The summed E-state index contributed by atoms with van der Waals surface area (Å²) in [4.78, 5) is 12.3. The number of carbonyl (C=O) groups is 1. The molecule has 1 heterocycles. The molecular formula is C18H16BrFN4OS2. The van der Waals surface area contributed by atoms with Gasteiger partial charge in [0.2, 0.25) is 11.0 Å². The van der Waals surface area contributed by atoms with Gasteiger partial charge in [0.05, 0.1) is 5.25 Å². The number of carbonyl (C=O) groups excluding carboxylic acids is 1. The maximum absolute atomic E-state index is 12.9. The molecule has 0 saturated carbocycles. The minimum Gasteiger partial charge on any atom is -0.356 e. The van der Waals surface area contributed by atoms with Crippen LogP contribution in [0.2, 0.25) is 0 Å². The topological polar surface area (TPSA) is 66.9 Å². The molecule has 140 valence electrons. The van der Waals surface area contributed by atoms with E-state index in [1.165, 1.54) is 35.2 Å². The molecule has 1 atom stereocenters. The highest BCUT2D eigenvalue weighted by molar-refractivity contribution is 9.10. The van der Waals surface area contributed by atoms with E-state index in [1.54, 1.807) is 12.1 Å². The van der Waals surface area contributed by atoms with Gasteiger partial charge in [0.1, 0.15) is 5.82 Å². The zero-order valence-electron chi connectivity index (χ0n) is 14.3. The van der Waals surface area contributed by atoms with Gasteiger partial charge < -0.3 is 10.6 Å². The number of rotatable bonds is 7. The third kappa shape index (κ3) is 6.02. The van der Waals surface area contributed by atoms with Crippen molar-refractivity contribution in [1.82, 2.24) is 10.2 Å². The van der Waals surface area contributed by atoms with E-state index in [4.69, 9.17) is 0 Å². The molecule has 5 nitrogen and oxygen atoms in total. The first kappa shape index (κ1) is 19.8. The molecule has 27 heavy (non-hydrogen) atoms. The van der Waals surface area contributed by atoms with Crippen molar-refractivity contribution in [2.75, 3.05) is 10.6 Å². The van der Waals surface area contributed by atoms with E-state index >= 15 is 0 Å². The number of hydrogen-bond acceptors (Lipinski definition) is 6. The van der Waals surface area contributed by atoms with Crippen LogP contribution in [0.25, 0.3) is 0 Å². The monoisotopic (exact) mass is 466 g/mol. The van der Waals surface area contributed by atoms with Gasteiger partial charge in [0.25, 0.3) is 0 Å². The molecule has 2 N–H and O–H groups in total. The van der Waals surface area contributed by atoms with Crippen molar-refractivity contribution >= 4 is 55.8 Å². The number of benzene rings is 2. The van der Waals surface area contributed by atoms with Crippen molar-refractivity contribution in [2.45, 2.75) is 23.1 Å². The predicted octanol–water partition coefficient (Wildman–Crippen LogP) is 5.17. The Hall–Kier alpha value is -1.97. The Balaban J connectivity index is 1.50. The lowest BCUT2D eigenvalue weighted by atomic mass is 10.2. The van der Waals surface area contributed by atoms with Gasteiger partial charge in [-0.2, -0.15) is 0 Å². The van der Waals surface area contributed by atoms with E-state index in [9.17, 15) is 9.18 Å². The second-order valence-corrected chi connectivity index (χ2v) is 9.09. The van der Waals surface area contributed by atoms with Crippen molar-refractivity contribution in [3.63, 3.8) is 0 Å². The van der Waals surface area contributed by atoms with Crippen LogP contribution in [-0.4, -0.2) is 21.4 Å². The number of hydrogen-bond donors (Lipinski definition) is 2. The summed E-state index contributed by atoms with van der Waals surface area (Å²) in [6.45, 7) is 2.35. The Morgan fingerprint density at radius 1 is 1.19 bits per heavy atom. The molecule has 2 aromatic carbocycles. The highest BCUT2D eigenvalue weighted by Crippen LogP contribution is 2.29. The van der Waals surface area contributed by atoms with Crippen LogP contribution in [0.5, 0.6) is 0 Å². The number of halogens is 2. The van der Waals surface area contributed by atoms with Crippen LogP contribution in [0.4, 0.5) is 15.2 Å². The lowest BCUT2D eigenvalue weighted by molar-refractivity contribution is -0.115. The fourth-order valence-corrected chi connectivity index (χ4v) is 4.25. The van der Waals surface area contributed by atoms with Crippen LogP contribution in [0.1, 0.15) is 12.5 Å². The van der Waals surface area contributed by atoms with E-state index in [2.05, 4.69) is 36.8 Å². The lowest BCUT2D eigenvalue weighted by Crippen LogP contribution is -2.22. The Morgan fingerprint density at radius 2 is 1.89 bits per heavy atom. The first-order chi connectivity index (χ1) is 13.0. The summed E-state index contributed by atoms with van der Waals surface area (Å²) in [5.74, 6) is -0.359. The smallest absolute Gasteiger partial charge is 0.237 e. The molecule has 3 rings (SSSR count). The minimum atomic E-state index is -0.313. The molecule has 9 heteroatoms. The van der Waals surface area contributed by atoms with Crippen LogP contribution in [0.15, 0.2) is 57.3 Å². The van der Waals surface area contributed by atoms with E-state index in [1.807, 2.05) is 31.2 Å². The predicted molar refractivity (Wildman–Crippen MR) is 112 cm³/mol. The standard InChI is InChI=1S/C18H16BrFN4OS2/c1-11(16(25)22-15-8-4-13(19)5-9-15)26-18-24-23-17(27-18)21-10-12-2-6-14(20)7-3-12/h2-9,11H,10H2,1H3,(H,21,23)(H,22,25). The molecule has 3 aromatic rings. The van der Waals surface area contributed by atoms with E-state index < -0.39 is 0 Å². The molecule has 0 bridgehead atoms. The third-order valence-electron chi connectivity index (χ3n) is 3.52. The van der Waals surface area contributed by atoms with Crippen molar-refractivity contribution in [1.29, 1.82) is 0 Å². The summed E-state index contributed by atoms with van der Waals surface area (Å²) in [6.07, 6.45) is 0. The van der Waals surface area contributed by atoms with Crippen molar-refractivity contribution in [2.24, 2.45) is 0 Å². The second kappa shape index (κ2) is 9.29. The molecule has 1 amide bonds. The molecular weight excluding hydrogens is 451 g/mol. The Morgan fingerprint density at radius 3 is 2.59 bits per heavy atom. The number of aromatic nitrogens is 2. The Labute approximate surface area is 172 Å². The van der Waals surface area contributed by atoms with Gasteiger partial charge in [-0.15, -0.1) is 10.2 Å². The third-order valence-corrected chi connectivity index (χ3v) is 6.12. The van der Waals surface area contributed by atoms with E-state index in [-0.39, 0.29) is 17.0 Å². The molecule has 1 unspecified atom stereocenters.